The zero-order valence-electron chi connectivity index (χ0n) is 32.2. The van der Waals surface area contributed by atoms with E-state index >= 15 is 0 Å². The quantitative estimate of drug-likeness (QED) is 0.169. The highest BCUT2D eigenvalue weighted by Gasteiger charge is 2.30. The van der Waals surface area contributed by atoms with Gasteiger partial charge >= 0.3 is 0 Å². The standard InChI is InChI=1S/C54H37N3S/c1-33-31-45-39-23-10-9-21-37(39)32-46(45)49(34(33)2)52-53(36-19-7-4-8-20-36)55-57-56-54(52)43-26-14-13-25-41(43)50-42(29-30-48-51(50)44-27-15-16-28-47(44)58-48)40-24-12-11-22-38(40)35-17-5-3-6-18-35/h3-31H,32H2,1-2H3. The zero-order valence-corrected chi connectivity index (χ0v) is 33.0. The zero-order chi connectivity index (χ0) is 38.7. The Labute approximate surface area is 342 Å². The van der Waals surface area contributed by atoms with Crippen LogP contribution in [0.2, 0.25) is 0 Å². The van der Waals surface area contributed by atoms with Gasteiger partial charge in [-0.1, -0.05) is 164 Å². The first-order valence-electron chi connectivity index (χ1n) is 19.8. The Kier molecular flexibility index (Phi) is 8.19. The fourth-order valence-corrected chi connectivity index (χ4v) is 10.3. The number of fused-ring (bicyclic) bond motifs is 6. The lowest BCUT2D eigenvalue weighted by Crippen LogP contribution is -2.05. The average Bonchev–Trinajstić information content (AvgIpc) is 3.85. The van der Waals surface area contributed by atoms with Gasteiger partial charge in [0.25, 0.3) is 0 Å². The number of rotatable bonds is 6. The number of hydrogen-bond donors (Lipinski definition) is 0. The van der Waals surface area contributed by atoms with Crippen LogP contribution < -0.4 is 0 Å². The fraction of sp³-hybridized carbons (Fsp3) is 0.0556. The molecule has 0 amide bonds. The molecule has 58 heavy (non-hydrogen) atoms. The minimum atomic E-state index is 0.829. The van der Waals surface area contributed by atoms with Crippen molar-refractivity contribution in [2.24, 2.45) is 0 Å². The normalized spacial score (nSPS) is 11.9. The average molecular weight is 760 g/mol. The van der Waals surface area contributed by atoms with Crippen molar-refractivity contribution in [3.8, 4) is 78.1 Å². The van der Waals surface area contributed by atoms with Gasteiger partial charge in [0.2, 0.25) is 0 Å². The molecule has 4 heteroatoms. The van der Waals surface area contributed by atoms with Crippen molar-refractivity contribution < 1.29 is 0 Å². The van der Waals surface area contributed by atoms with Gasteiger partial charge in [0.15, 0.2) is 0 Å². The second-order valence-corrected chi connectivity index (χ2v) is 16.3. The predicted molar refractivity (Wildman–Crippen MR) is 243 cm³/mol. The number of aromatic nitrogens is 3. The summed E-state index contributed by atoms with van der Waals surface area (Å²) in [4.78, 5) is 0. The summed E-state index contributed by atoms with van der Waals surface area (Å²) < 4.78 is 2.52. The van der Waals surface area contributed by atoms with Crippen molar-refractivity contribution in [2.75, 3.05) is 0 Å². The molecule has 274 valence electrons. The van der Waals surface area contributed by atoms with Crippen LogP contribution in [-0.4, -0.2) is 15.4 Å². The Bertz CT molecular complexity index is 3220. The summed E-state index contributed by atoms with van der Waals surface area (Å²) in [5.41, 5.74) is 20.7. The van der Waals surface area contributed by atoms with Crippen LogP contribution in [0.15, 0.2) is 176 Å². The fourth-order valence-electron chi connectivity index (χ4n) is 9.22. The van der Waals surface area contributed by atoms with Crippen molar-refractivity contribution in [3.05, 3.63) is 198 Å². The van der Waals surface area contributed by atoms with Crippen LogP contribution in [0.3, 0.4) is 0 Å². The van der Waals surface area contributed by atoms with E-state index in [1.54, 1.807) is 0 Å². The van der Waals surface area contributed by atoms with E-state index in [9.17, 15) is 0 Å². The van der Waals surface area contributed by atoms with Gasteiger partial charge in [-0.2, -0.15) is 0 Å². The van der Waals surface area contributed by atoms with E-state index in [1.165, 1.54) is 86.9 Å². The Balaban J connectivity index is 1.26. The Hall–Kier alpha value is -7.01. The van der Waals surface area contributed by atoms with Crippen molar-refractivity contribution in [3.63, 3.8) is 0 Å². The van der Waals surface area contributed by atoms with Crippen LogP contribution >= 0.6 is 11.3 Å². The minimum Gasteiger partial charge on any atom is -0.135 e. The second-order valence-electron chi connectivity index (χ2n) is 15.2. The first-order chi connectivity index (χ1) is 28.6. The van der Waals surface area contributed by atoms with Crippen molar-refractivity contribution >= 4 is 31.5 Å². The number of thiophene rings is 1. The van der Waals surface area contributed by atoms with Gasteiger partial charge in [0, 0.05) is 36.9 Å². The topological polar surface area (TPSA) is 38.7 Å². The molecule has 0 fully saturated rings. The molecule has 3 nitrogen and oxygen atoms in total. The highest BCUT2D eigenvalue weighted by Crippen LogP contribution is 2.52. The van der Waals surface area contributed by atoms with E-state index in [1.807, 2.05) is 11.3 Å². The molecule has 0 radical (unpaired) electrons. The number of nitrogens with zero attached hydrogens (tertiary/aromatic N) is 3. The molecule has 0 saturated heterocycles. The summed E-state index contributed by atoms with van der Waals surface area (Å²) in [6.45, 7) is 4.49. The maximum atomic E-state index is 5.08. The summed E-state index contributed by atoms with van der Waals surface area (Å²) in [5.74, 6) is 0. The van der Waals surface area contributed by atoms with Crippen LogP contribution in [0.25, 0.3) is 98.3 Å². The summed E-state index contributed by atoms with van der Waals surface area (Å²) in [7, 11) is 0. The largest absolute Gasteiger partial charge is 0.135 e. The minimum absolute atomic E-state index is 0.829. The molecule has 0 bridgehead atoms. The lowest BCUT2D eigenvalue weighted by atomic mass is 9.82. The highest BCUT2D eigenvalue weighted by molar-refractivity contribution is 7.26. The molecular weight excluding hydrogens is 723 g/mol. The maximum absolute atomic E-state index is 5.08. The van der Waals surface area contributed by atoms with Crippen LogP contribution in [0.1, 0.15) is 22.3 Å². The van der Waals surface area contributed by atoms with E-state index < -0.39 is 0 Å². The van der Waals surface area contributed by atoms with E-state index in [2.05, 4.69) is 195 Å². The Morgan fingerprint density at radius 1 is 0.431 bits per heavy atom. The molecule has 1 aliphatic carbocycles. The van der Waals surface area contributed by atoms with E-state index in [-0.39, 0.29) is 0 Å². The SMILES string of the molecule is Cc1cc2c(c(-c3c(-c4ccccc4)nnnc3-c3ccccc3-c3c(-c4ccccc4-c4ccccc4)ccc4sc5ccccc5c34)c1C)Cc1ccccc1-2. The number of aryl methyl sites for hydroxylation is 1. The van der Waals surface area contributed by atoms with Gasteiger partial charge in [0.1, 0.15) is 11.4 Å². The second kappa shape index (κ2) is 13.9. The summed E-state index contributed by atoms with van der Waals surface area (Å²) >= 11 is 1.85. The summed E-state index contributed by atoms with van der Waals surface area (Å²) in [6, 6.07) is 63.5. The molecule has 1 aliphatic rings. The lowest BCUT2D eigenvalue weighted by Gasteiger charge is -2.22. The van der Waals surface area contributed by atoms with Crippen LogP contribution in [0.5, 0.6) is 0 Å². The summed E-state index contributed by atoms with van der Waals surface area (Å²) in [5, 5.41) is 17.1. The monoisotopic (exact) mass is 759 g/mol. The lowest BCUT2D eigenvalue weighted by molar-refractivity contribution is 0.878. The van der Waals surface area contributed by atoms with Crippen LogP contribution in [0, 0.1) is 13.8 Å². The molecule has 0 atom stereocenters. The first kappa shape index (κ1) is 34.3. The molecule has 10 aromatic rings. The Morgan fingerprint density at radius 3 is 1.84 bits per heavy atom. The Morgan fingerprint density at radius 2 is 1.05 bits per heavy atom. The molecule has 0 unspecified atom stereocenters. The third-order valence-corrected chi connectivity index (χ3v) is 13.1. The predicted octanol–water partition coefficient (Wildman–Crippen LogP) is 14.4. The molecule has 0 saturated carbocycles. The molecule has 2 aromatic heterocycles. The van der Waals surface area contributed by atoms with Crippen LogP contribution in [0.4, 0.5) is 0 Å². The number of benzene rings is 8. The van der Waals surface area contributed by atoms with Gasteiger partial charge in [-0.05, 0) is 110 Å². The smallest absolute Gasteiger partial charge is 0.105 e. The van der Waals surface area contributed by atoms with Gasteiger partial charge in [0.05, 0.1) is 0 Å². The number of hydrogen-bond acceptors (Lipinski definition) is 4. The van der Waals surface area contributed by atoms with Gasteiger partial charge < -0.3 is 0 Å². The third-order valence-electron chi connectivity index (χ3n) is 12.0. The molecule has 2 heterocycles. The van der Waals surface area contributed by atoms with Crippen molar-refractivity contribution in [1.29, 1.82) is 0 Å². The molecule has 0 spiro atoms. The van der Waals surface area contributed by atoms with Gasteiger partial charge in [-0.25, -0.2) is 0 Å². The van der Waals surface area contributed by atoms with E-state index in [0.717, 1.165) is 40.1 Å². The van der Waals surface area contributed by atoms with Crippen LogP contribution in [-0.2, 0) is 6.42 Å². The first-order valence-corrected chi connectivity index (χ1v) is 20.6. The molecule has 0 aliphatic heterocycles. The third kappa shape index (κ3) is 5.44. The van der Waals surface area contributed by atoms with E-state index in [0.29, 0.717) is 0 Å². The van der Waals surface area contributed by atoms with Crippen molar-refractivity contribution in [1.82, 2.24) is 15.4 Å². The molecule has 11 rings (SSSR count). The molecule has 0 N–H and O–H groups in total. The molecular formula is C54H37N3S. The van der Waals surface area contributed by atoms with E-state index in [4.69, 9.17) is 10.2 Å². The highest BCUT2D eigenvalue weighted by atomic mass is 32.1. The van der Waals surface area contributed by atoms with Gasteiger partial charge in [-0.15, -0.1) is 21.5 Å². The molecule has 8 aromatic carbocycles. The summed E-state index contributed by atoms with van der Waals surface area (Å²) in [6.07, 6.45) is 0.847. The van der Waals surface area contributed by atoms with Crippen molar-refractivity contribution in [2.45, 2.75) is 20.3 Å². The maximum Gasteiger partial charge on any atom is 0.105 e. The van der Waals surface area contributed by atoms with Gasteiger partial charge in [-0.3, -0.25) is 0 Å².